The molecule has 1 aromatic rings. The molecule has 3 rings (SSSR count). The molecule has 2 aliphatic rings. The Morgan fingerprint density at radius 1 is 1.21 bits per heavy atom. The van der Waals surface area contributed by atoms with Crippen LogP contribution in [0.15, 0.2) is 23.8 Å². The lowest BCUT2D eigenvalue weighted by molar-refractivity contribution is -0.385. The smallest absolute Gasteiger partial charge is 0.348 e. The summed E-state index contributed by atoms with van der Waals surface area (Å²) < 4.78 is 15.5. The molecule has 1 spiro atoms. The highest BCUT2D eigenvalue weighted by molar-refractivity contribution is 6.19. The van der Waals surface area contributed by atoms with Gasteiger partial charge in [-0.15, -0.1) is 0 Å². The molecule has 126 valence electrons. The number of hydrogen-bond acceptors (Lipinski definition) is 7. The fraction of sp³-hybridized carbons (Fsp3) is 0.375. The molecule has 2 fully saturated rings. The Labute approximate surface area is 137 Å². The molecule has 0 radical (unpaired) electrons. The van der Waals surface area contributed by atoms with Crippen LogP contribution in [0, 0.1) is 10.1 Å². The van der Waals surface area contributed by atoms with Gasteiger partial charge in [0.2, 0.25) is 0 Å². The molecule has 0 unspecified atom stereocenters. The second-order valence-electron chi connectivity index (χ2n) is 5.64. The number of hydrogen-bond donors (Lipinski definition) is 0. The normalized spacial score (nSPS) is 19.0. The molecule has 1 aliphatic heterocycles. The Morgan fingerprint density at radius 3 is 2.38 bits per heavy atom. The predicted octanol–water partition coefficient (Wildman–Crippen LogP) is 2.36. The summed E-state index contributed by atoms with van der Waals surface area (Å²) in [6.07, 6.45) is 3.85. The van der Waals surface area contributed by atoms with Crippen molar-refractivity contribution in [2.24, 2.45) is 0 Å². The van der Waals surface area contributed by atoms with Gasteiger partial charge < -0.3 is 14.2 Å². The summed E-state index contributed by atoms with van der Waals surface area (Å²) in [5.74, 6) is -2.60. The topological polar surface area (TPSA) is 105 Å². The van der Waals surface area contributed by atoms with Gasteiger partial charge in [0.25, 0.3) is 5.79 Å². The van der Waals surface area contributed by atoms with Crippen molar-refractivity contribution in [2.75, 3.05) is 7.11 Å². The number of methoxy groups -OCH3 is 1. The third-order valence-corrected chi connectivity index (χ3v) is 4.07. The van der Waals surface area contributed by atoms with Gasteiger partial charge in [0.1, 0.15) is 5.57 Å². The Kier molecular flexibility index (Phi) is 3.96. The number of esters is 2. The lowest BCUT2D eigenvalue weighted by atomic mass is 10.1. The van der Waals surface area contributed by atoms with E-state index in [1.807, 2.05) is 0 Å². The summed E-state index contributed by atoms with van der Waals surface area (Å²) in [4.78, 5) is 34.8. The minimum absolute atomic E-state index is 0.0841. The van der Waals surface area contributed by atoms with Gasteiger partial charge in [0.05, 0.1) is 12.0 Å². The number of rotatable bonds is 3. The quantitative estimate of drug-likeness (QED) is 0.275. The van der Waals surface area contributed by atoms with Gasteiger partial charge in [0.15, 0.2) is 5.75 Å². The van der Waals surface area contributed by atoms with Crippen LogP contribution < -0.4 is 4.74 Å². The zero-order valence-corrected chi connectivity index (χ0v) is 12.9. The summed E-state index contributed by atoms with van der Waals surface area (Å²) in [5, 5.41) is 11.0. The maximum Gasteiger partial charge on any atom is 0.348 e. The highest BCUT2D eigenvalue weighted by atomic mass is 16.7. The van der Waals surface area contributed by atoms with E-state index in [0.29, 0.717) is 18.4 Å². The SMILES string of the molecule is COc1ccc(C=C2C(=O)OC3(CCCC3)OC2=O)cc1[N+](=O)[O-]. The van der Waals surface area contributed by atoms with E-state index in [9.17, 15) is 19.7 Å². The van der Waals surface area contributed by atoms with E-state index < -0.39 is 22.6 Å². The summed E-state index contributed by atoms with van der Waals surface area (Å²) >= 11 is 0. The molecule has 0 N–H and O–H groups in total. The first-order valence-electron chi connectivity index (χ1n) is 7.45. The summed E-state index contributed by atoms with van der Waals surface area (Å²) in [6.45, 7) is 0. The van der Waals surface area contributed by atoms with E-state index in [1.54, 1.807) is 0 Å². The van der Waals surface area contributed by atoms with Gasteiger partial charge in [-0.1, -0.05) is 6.07 Å². The number of nitrogens with zero attached hydrogens (tertiary/aromatic N) is 1. The molecule has 0 aromatic heterocycles. The van der Waals surface area contributed by atoms with Gasteiger partial charge in [-0.05, 0) is 30.5 Å². The molecule has 0 amide bonds. The van der Waals surface area contributed by atoms with Crippen LogP contribution in [-0.2, 0) is 19.1 Å². The minimum Gasteiger partial charge on any atom is -0.490 e. The van der Waals surface area contributed by atoms with Crippen molar-refractivity contribution in [3.63, 3.8) is 0 Å². The highest BCUT2D eigenvalue weighted by Crippen LogP contribution is 2.39. The molecule has 1 saturated carbocycles. The molecule has 1 heterocycles. The number of nitro benzene ring substituents is 1. The second kappa shape index (κ2) is 5.95. The van der Waals surface area contributed by atoms with Gasteiger partial charge in [-0.3, -0.25) is 10.1 Å². The molecule has 8 nitrogen and oxygen atoms in total. The molecule has 1 aromatic carbocycles. The van der Waals surface area contributed by atoms with E-state index in [2.05, 4.69) is 0 Å². The summed E-state index contributed by atoms with van der Waals surface area (Å²) in [7, 11) is 1.32. The minimum atomic E-state index is -1.14. The molecule has 0 bridgehead atoms. The maximum atomic E-state index is 12.2. The summed E-state index contributed by atoms with van der Waals surface area (Å²) in [5.41, 5.74) is -0.252. The molecule has 8 heteroatoms. The van der Waals surface area contributed by atoms with Gasteiger partial charge >= 0.3 is 17.6 Å². The van der Waals surface area contributed by atoms with Crippen LogP contribution in [-0.4, -0.2) is 29.8 Å². The standard InChI is InChI=1S/C16H15NO7/c1-22-13-5-4-10(9-12(13)17(20)21)8-11-14(18)23-16(24-15(11)19)6-2-3-7-16/h4-5,8-9H,2-3,6-7H2,1H3. The van der Waals surface area contributed by atoms with Gasteiger partial charge in [-0.25, -0.2) is 9.59 Å². The second-order valence-corrected chi connectivity index (χ2v) is 5.64. The third-order valence-electron chi connectivity index (χ3n) is 4.07. The van der Waals surface area contributed by atoms with Crippen LogP contribution in [0.4, 0.5) is 5.69 Å². The van der Waals surface area contributed by atoms with Crippen LogP contribution in [0.3, 0.4) is 0 Å². The number of nitro groups is 1. The Bertz CT molecular complexity index is 725. The average molecular weight is 333 g/mol. The van der Waals surface area contributed by atoms with E-state index >= 15 is 0 Å². The van der Waals surface area contributed by atoms with Crippen molar-refractivity contribution < 1.29 is 28.7 Å². The number of carbonyl (C=O) groups excluding carboxylic acids is 2. The molecule has 0 atom stereocenters. The Hall–Kier alpha value is -2.90. The summed E-state index contributed by atoms with van der Waals surface area (Å²) in [6, 6.07) is 4.11. The fourth-order valence-corrected chi connectivity index (χ4v) is 2.89. The zero-order chi connectivity index (χ0) is 17.3. The lowest BCUT2D eigenvalue weighted by Gasteiger charge is -2.32. The molecule has 24 heavy (non-hydrogen) atoms. The first-order chi connectivity index (χ1) is 11.4. The largest absolute Gasteiger partial charge is 0.490 e. The van der Waals surface area contributed by atoms with E-state index in [0.717, 1.165) is 12.8 Å². The van der Waals surface area contributed by atoms with Crippen LogP contribution in [0.2, 0.25) is 0 Å². The Morgan fingerprint density at radius 2 is 1.83 bits per heavy atom. The first kappa shape index (κ1) is 16.0. The maximum absolute atomic E-state index is 12.2. The lowest BCUT2D eigenvalue weighted by Crippen LogP contribution is -2.44. The van der Waals surface area contributed by atoms with Gasteiger partial charge in [0, 0.05) is 18.9 Å². The Balaban J connectivity index is 1.91. The molecule has 1 aliphatic carbocycles. The first-order valence-corrected chi connectivity index (χ1v) is 7.45. The van der Waals surface area contributed by atoms with Crippen molar-refractivity contribution in [1.82, 2.24) is 0 Å². The van der Waals surface area contributed by atoms with Crippen LogP contribution in [0.1, 0.15) is 31.2 Å². The third kappa shape index (κ3) is 2.82. The van der Waals surface area contributed by atoms with Crippen molar-refractivity contribution in [3.05, 3.63) is 39.4 Å². The van der Waals surface area contributed by atoms with Crippen LogP contribution in [0.5, 0.6) is 5.75 Å². The van der Waals surface area contributed by atoms with E-state index in [1.165, 1.54) is 31.4 Å². The zero-order valence-electron chi connectivity index (χ0n) is 12.9. The molecular weight excluding hydrogens is 318 g/mol. The highest BCUT2D eigenvalue weighted by Gasteiger charge is 2.47. The number of carbonyl (C=O) groups is 2. The predicted molar refractivity (Wildman–Crippen MR) is 81.0 cm³/mol. The fourth-order valence-electron chi connectivity index (χ4n) is 2.89. The van der Waals surface area contributed by atoms with Crippen molar-refractivity contribution >= 4 is 23.7 Å². The van der Waals surface area contributed by atoms with Crippen LogP contribution in [0.25, 0.3) is 6.08 Å². The van der Waals surface area contributed by atoms with Crippen molar-refractivity contribution in [1.29, 1.82) is 0 Å². The van der Waals surface area contributed by atoms with E-state index in [-0.39, 0.29) is 17.0 Å². The van der Waals surface area contributed by atoms with Crippen LogP contribution >= 0.6 is 0 Å². The monoisotopic (exact) mass is 333 g/mol. The van der Waals surface area contributed by atoms with E-state index in [4.69, 9.17) is 14.2 Å². The number of ether oxygens (including phenoxy) is 3. The van der Waals surface area contributed by atoms with Gasteiger partial charge in [-0.2, -0.15) is 0 Å². The average Bonchev–Trinajstić information content (AvgIpc) is 2.98. The number of benzene rings is 1. The molecular formula is C16H15NO7. The van der Waals surface area contributed by atoms with Crippen molar-refractivity contribution in [3.8, 4) is 5.75 Å². The molecule has 1 saturated heterocycles. The van der Waals surface area contributed by atoms with Crippen molar-refractivity contribution in [2.45, 2.75) is 31.5 Å².